The predicted molar refractivity (Wildman–Crippen MR) is 111 cm³/mol. The molecule has 0 aliphatic heterocycles. The van der Waals surface area contributed by atoms with E-state index in [1.165, 1.54) is 0 Å². The molecule has 0 saturated heterocycles. The first-order valence-corrected chi connectivity index (χ1v) is 10.8. The molecule has 0 unspecified atom stereocenters. The van der Waals surface area contributed by atoms with E-state index in [-0.39, 0.29) is 16.6 Å². The number of nitrogens with zero attached hydrogens (tertiary/aromatic N) is 6. The van der Waals surface area contributed by atoms with Crippen molar-refractivity contribution in [3.8, 4) is 11.3 Å². The van der Waals surface area contributed by atoms with Crippen LogP contribution in [0.15, 0.2) is 39.3 Å². The number of primary amides is 1. The van der Waals surface area contributed by atoms with Crippen LogP contribution in [-0.4, -0.2) is 59.2 Å². The zero-order valence-electron chi connectivity index (χ0n) is 17.2. The third-order valence-electron chi connectivity index (χ3n) is 4.20. The number of benzene rings is 1. The number of rotatable bonds is 9. The van der Waals surface area contributed by atoms with Gasteiger partial charge in [-0.25, -0.2) is 9.07 Å². The number of alkyl halides is 5. The molecular formula is C17H11F6N7O4S2. The number of hydrogen-bond donors (Lipinski definition) is 2. The molecule has 3 N–H and O–H groups in total. The Morgan fingerprint density at radius 3 is 2.47 bits per heavy atom. The molecule has 11 nitrogen and oxygen atoms in total. The lowest BCUT2D eigenvalue weighted by atomic mass is 10.0. The summed E-state index contributed by atoms with van der Waals surface area (Å²) < 4.78 is 80.2. The molecule has 192 valence electrons. The van der Waals surface area contributed by atoms with Crippen molar-refractivity contribution in [1.29, 1.82) is 0 Å². The van der Waals surface area contributed by atoms with Crippen molar-refractivity contribution in [2.45, 2.75) is 32.9 Å². The summed E-state index contributed by atoms with van der Waals surface area (Å²) in [5, 5.41) is 25.9. The number of nitro groups is 1. The summed E-state index contributed by atoms with van der Waals surface area (Å²) in [5.41, 5.74) is 3.01. The number of nitrogens with two attached hydrogens (primary N) is 1. The molecule has 0 bridgehead atoms. The van der Waals surface area contributed by atoms with E-state index >= 15 is 0 Å². The lowest BCUT2D eigenvalue weighted by Crippen LogP contribution is -2.32. The summed E-state index contributed by atoms with van der Waals surface area (Å²) in [6, 6.07) is 1.93. The summed E-state index contributed by atoms with van der Waals surface area (Å²) in [6.45, 7) is -0.498. The molecule has 0 atom stereocenters. The van der Waals surface area contributed by atoms with Crippen LogP contribution in [-0.2, 0) is 6.54 Å². The van der Waals surface area contributed by atoms with Gasteiger partial charge in [-0.05, 0) is 40.0 Å². The maximum Gasteiger partial charge on any atom is 0.464 e. The fraction of sp³-hybridized carbons (Fsp3) is 0.235. The lowest BCUT2D eigenvalue weighted by Gasteiger charge is -2.19. The highest BCUT2D eigenvalue weighted by atomic mass is 32.2. The maximum absolute atomic E-state index is 15.0. The third kappa shape index (κ3) is 5.68. The molecule has 1 amide bonds. The molecular weight excluding hydrogens is 544 g/mol. The van der Waals surface area contributed by atoms with Crippen LogP contribution in [0.1, 0.15) is 10.4 Å². The van der Waals surface area contributed by atoms with Crippen LogP contribution in [0, 0.1) is 15.9 Å². The zero-order chi connectivity index (χ0) is 26.8. The Kier molecular flexibility index (Phi) is 7.74. The molecule has 0 saturated carbocycles. The Morgan fingerprint density at radius 2 is 1.92 bits per heavy atom. The first-order chi connectivity index (χ1) is 16.7. The number of aliphatic hydroxyl groups excluding tert-OH is 1. The van der Waals surface area contributed by atoms with Crippen LogP contribution in [0.5, 0.6) is 0 Å². The number of nitro benzene ring substituents is 1. The van der Waals surface area contributed by atoms with Crippen molar-refractivity contribution in [3.05, 3.63) is 45.9 Å². The number of halogens is 6. The average Bonchev–Trinajstić information content (AvgIpc) is 3.19. The maximum atomic E-state index is 15.0. The van der Waals surface area contributed by atoms with E-state index in [1.54, 1.807) is 0 Å². The second-order valence-corrected chi connectivity index (χ2v) is 8.79. The van der Waals surface area contributed by atoms with Crippen molar-refractivity contribution in [1.82, 2.24) is 25.2 Å². The van der Waals surface area contributed by atoms with Gasteiger partial charge in [0.1, 0.15) is 5.69 Å². The molecule has 36 heavy (non-hydrogen) atoms. The lowest BCUT2D eigenvalue weighted by molar-refractivity contribution is -0.384. The first kappa shape index (κ1) is 27.1. The molecule has 0 radical (unpaired) electrons. The highest BCUT2D eigenvalue weighted by molar-refractivity contribution is 8.00. The number of amides is 1. The number of carbonyl (C=O) groups excluding carboxylic acids is 1. The van der Waals surface area contributed by atoms with Gasteiger partial charge in [-0.15, -0.1) is 5.10 Å². The van der Waals surface area contributed by atoms with Gasteiger partial charge >= 0.3 is 11.4 Å². The van der Waals surface area contributed by atoms with Gasteiger partial charge in [0, 0.05) is 33.7 Å². The van der Waals surface area contributed by atoms with E-state index in [0.717, 1.165) is 16.8 Å². The van der Waals surface area contributed by atoms with Gasteiger partial charge in [0.15, 0.2) is 5.82 Å². The normalized spacial score (nSPS) is 12.1. The zero-order valence-corrected chi connectivity index (χ0v) is 18.9. The number of thioether (sulfide) groups is 1. The van der Waals surface area contributed by atoms with Gasteiger partial charge in [0.2, 0.25) is 11.1 Å². The average molecular weight is 555 g/mol. The minimum atomic E-state index is -5.92. The van der Waals surface area contributed by atoms with Crippen LogP contribution in [0.25, 0.3) is 11.3 Å². The van der Waals surface area contributed by atoms with Crippen molar-refractivity contribution in [2.75, 3.05) is 6.61 Å². The number of hydrogen-bond acceptors (Lipinski definition) is 10. The van der Waals surface area contributed by atoms with Crippen LogP contribution in [0.4, 0.5) is 32.0 Å². The second-order valence-electron chi connectivity index (χ2n) is 6.62. The monoisotopic (exact) mass is 555 g/mol. The molecule has 1 aromatic carbocycles. The Bertz CT molecular complexity index is 1320. The predicted octanol–water partition coefficient (Wildman–Crippen LogP) is 3.27. The topological polar surface area (TPSA) is 163 Å². The van der Waals surface area contributed by atoms with Gasteiger partial charge in [0.25, 0.3) is 5.69 Å². The number of carbonyl (C=O) groups is 1. The summed E-state index contributed by atoms with van der Waals surface area (Å²) in [5.74, 6) is -2.60. The highest BCUT2D eigenvalue weighted by Crippen LogP contribution is 2.48. The fourth-order valence-corrected chi connectivity index (χ4v) is 4.37. The number of aromatic nitrogens is 5. The van der Waals surface area contributed by atoms with E-state index in [1.807, 2.05) is 0 Å². The minimum absolute atomic E-state index is 0.0564. The molecule has 19 heteroatoms. The summed E-state index contributed by atoms with van der Waals surface area (Å²) in [7, 11) is 0. The van der Waals surface area contributed by atoms with E-state index in [0.29, 0.717) is 24.0 Å². The third-order valence-corrected chi connectivity index (χ3v) is 6.27. The van der Waals surface area contributed by atoms with Crippen molar-refractivity contribution < 1.29 is 41.2 Å². The fourth-order valence-electron chi connectivity index (χ4n) is 2.66. The van der Waals surface area contributed by atoms with Gasteiger partial charge in [0.05, 0.1) is 23.6 Å². The number of aliphatic hydroxyl groups is 1. The molecule has 0 fully saturated rings. The molecule has 0 aliphatic carbocycles. The molecule has 0 spiro atoms. The molecule has 3 aromatic rings. The van der Waals surface area contributed by atoms with Crippen LogP contribution < -0.4 is 5.73 Å². The molecule has 0 aliphatic rings. The molecule has 3 rings (SSSR count). The summed E-state index contributed by atoms with van der Waals surface area (Å²) >= 11 is -0.404. The van der Waals surface area contributed by atoms with Crippen molar-refractivity contribution in [3.63, 3.8) is 0 Å². The van der Waals surface area contributed by atoms with Crippen molar-refractivity contribution in [2.24, 2.45) is 5.73 Å². The number of tetrazole rings is 1. The van der Waals surface area contributed by atoms with Crippen LogP contribution >= 0.6 is 23.5 Å². The number of pyridine rings is 1. The van der Waals surface area contributed by atoms with Gasteiger partial charge in [-0.2, -0.15) is 22.0 Å². The van der Waals surface area contributed by atoms with E-state index < -0.39 is 73.9 Å². The van der Waals surface area contributed by atoms with Gasteiger partial charge in [-0.3, -0.25) is 19.9 Å². The smallest absolute Gasteiger partial charge is 0.394 e. The van der Waals surface area contributed by atoms with Gasteiger partial charge in [-0.1, -0.05) is 0 Å². The molecule has 2 heterocycles. The van der Waals surface area contributed by atoms with Crippen LogP contribution in [0.2, 0.25) is 0 Å². The Hall–Kier alpha value is -3.45. The first-order valence-electron chi connectivity index (χ1n) is 9.21. The summed E-state index contributed by atoms with van der Waals surface area (Å²) in [6.07, 6.45) is -5.42. The van der Waals surface area contributed by atoms with E-state index in [9.17, 15) is 41.3 Å². The largest absolute Gasteiger partial charge is 0.464 e. The number of non-ortho nitro benzene ring substituents is 1. The second kappa shape index (κ2) is 10.3. The Labute approximate surface area is 204 Å². The van der Waals surface area contributed by atoms with E-state index in [4.69, 9.17) is 10.8 Å². The van der Waals surface area contributed by atoms with Gasteiger partial charge < -0.3 is 10.8 Å². The van der Waals surface area contributed by atoms with E-state index in [2.05, 4.69) is 20.5 Å². The standard InChI is InChI=1S/C17H11F6N7O4S2/c18-11-5-8(36-17(22,23)16(19,20)21)6-25-12(11)9-3-7(30(33)34)4-10(14(24)32)13(9)35-15-26-27-28-29(15)1-2-31/h3-6,31H,1-2H2,(H2,24,32). The Morgan fingerprint density at radius 1 is 1.22 bits per heavy atom. The van der Waals surface area contributed by atoms with Crippen molar-refractivity contribution >= 4 is 35.1 Å². The quantitative estimate of drug-likeness (QED) is 0.173. The van der Waals surface area contributed by atoms with Crippen LogP contribution in [0.3, 0.4) is 0 Å². The Balaban J connectivity index is 2.18. The summed E-state index contributed by atoms with van der Waals surface area (Å²) in [4.78, 5) is 25.0. The molecule has 2 aromatic heterocycles. The SMILES string of the molecule is NC(=O)c1cc([N+](=O)[O-])cc(-c2ncc(SC(F)(F)C(F)(F)F)cc2F)c1Sc1nnnn1CCO. The minimum Gasteiger partial charge on any atom is -0.394 e. The highest BCUT2D eigenvalue weighted by Gasteiger charge is 2.58.